The number of carbonyl (C=O) groups is 2. The summed E-state index contributed by atoms with van der Waals surface area (Å²) in [6.45, 7) is 3.79. The molecule has 98 valence electrons. The standard InChI is InChI=1S/C11H20N2O4/c1-3-9(11(15)16-2)13-10(14)6-8-7-17-5-4-12-8/h8-9,12H,3-7H2,1-2H3,(H,13,14). The molecule has 1 aliphatic heterocycles. The Labute approximate surface area is 101 Å². The number of morpholine rings is 1. The van der Waals surface area contributed by atoms with Gasteiger partial charge in [-0.15, -0.1) is 0 Å². The molecule has 1 amide bonds. The predicted octanol–water partition coefficient (Wildman–Crippen LogP) is -0.567. The zero-order valence-corrected chi connectivity index (χ0v) is 10.3. The summed E-state index contributed by atoms with van der Waals surface area (Å²) in [6.07, 6.45) is 0.834. The van der Waals surface area contributed by atoms with Gasteiger partial charge < -0.3 is 20.1 Å². The molecule has 0 aromatic carbocycles. The molecular formula is C11H20N2O4. The van der Waals surface area contributed by atoms with E-state index in [1.807, 2.05) is 6.92 Å². The maximum atomic E-state index is 11.7. The Morgan fingerprint density at radius 1 is 1.59 bits per heavy atom. The molecule has 0 aromatic heterocycles. The maximum absolute atomic E-state index is 11.7. The van der Waals surface area contributed by atoms with Gasteiger partial charge in [-0.1, -0.05) is 6.92 Å². The number of esters is 1. The molecule has 1 heterocycles. The normalized spacial score (nSPS) is 21.6. The Balaban J connectivity index is 2.33. The average Bonchev–Trinajstić information content (AvgIpc) is 2.36. The van der Waals surface area contributed by atoms with Crippen molar-refractivity contribution < 1.29 is 19.1 Å². The van der Waals surface area contributed by atoms with Gasteiger partial charge in [-0.2, -0.15) is 0 Å². The van der Waals surface area contributed by atoms with Gasteiger partial charge in [0.2, 0.25) is 5.91 Å². The molecule has 0 radical (unpaired) electrons. The summed E-state index contributed by atoms with van der Waals surface area (Å²) in [5, 5.41) is 5.84. The number of amides is 1. The Hall–Kier alpha value is -1.14. The fourth-order valence-electron chi connectivity index (χ4n) is 1.70. The van der Waals surface area contributed by atoms with Gasteiger partial charge in [-0.3, -0.25) is 4.79 Å². The Kier molecular flexibility index (Phi) is 5.93. The van der Waals surface area contributed by atoms with E-state index in [1.54, 1.807) is 0 Å². The van der Waals surface area contributed by atoms with E-state index in [4.69, 9.17) is 4.74 Å². The SMILES string of the molecule is CCC(NC(=O)CC1COCCN1)C(=O)OC. The first-order valence-corrected chi connectivity index (χ1v) is 5.85. The van der Waals surface area contributed by atoms with E-state index in [0.29, 0.717) is 26.1 Å². The third-order valence-corrected chi connectivity index (χ3v) is 2.66. The van der Waals surface area contributed by atoms with Crippen LogP contribution in [-0.2, 0) is 19.1 Å². The second kappa shape index (κ2) is 7.24. The number of carbonyl (C=O) groups excluding carboxylic acids is 2. The zero-order chi connectivity index (χ0) is 12.7. The van der Waals surface area contributed by atoms with Gasteiger partial charge >= 0.3 is 5.97 Å². The van der Waals surface area contributed by atoms with Crippen molar-refractivity contribution in [2.75, 3.05) is 26.9 Å². The predicted molar refractivity (Wildman–Crippen MR) is 61.5 cm³/mol. The van der Waals surface area contributed by atoms with E-state index in [1.165, 1.54) is 7.11 Å². The number of methoxy groups -OCH3 is 1. The van der Waals surface area contributed by atoms with Crippen molar-refractivity contribution in [2.45, 2.75) is 31.8 Å². The molecular weight excluding hydrogens is 224 g/mol. The Morgan fingerprint density at radius 2 is 2.35 bits per heavy atom. The average molecular weight is 244 g/mol. The minimum atomic E-state index is -0.558. The number of ether oxygens (including phenoxy) is 2. The van der Waals surface area contributed by atoms with Crippen molar-refractivity contribution in [3.8, 4) is 0 Å². The summed E-state index contributed by atoms with van der Waals surface area (Å²) < 4.78 is 9.85. The van der Waals surface area contributed by atoms with E-state index in [-0.39, 0.29) is 11.9 Å². The third-order valence-electron chi connectivity index (χ3n) is 2.66. The zero-order valence-electron chi connectivity index (χ0n) is 10.3. The maximum Gasteiger partial charge on any atom is 0.328 e. The van der Waals surface area contributed by atoms with Crippen LogP contribution in [-0.4, -0.2) is 50.8 Å². The molecule has 17 heavy (non-hydrogen) atoms. The van der Waals surface area contributed by atoms with Crippen LogP contribution in [0.3, 0.4) is 0 Å². The molecule has 6 heteroatoms. The van der Waals surface area contributed by atoms with E-state index >= 15 is 0 Å². The minimum Gasteiger partial charge on any atom is -0.467 e. The number of hydrogen-bond acceptors (Lipinski definition) is 5. The summed E-state index contributed by atoms with van der Waals surface area (Å²) in [6, 6.07) is -0.532. The summed E-state index contributed by atoms with van der Waals surface area (Å²) in [4.78, 5) is 23.0. The molecule has 0 spiro atoms. The number of rotatable bonds is 5. The van der Waals surface area contributed by atoms with Crippen LogP contribution in [0.25, 0.3) is 0 Å². The van der Waals surface area contributed by atoms with Gasteiger partial charge in [-0.05, 0) is 6.42 Å². The van der Waals surface area contributed by atoms with Gasteiger partial charge in [-0.25, -0.2) is 4.79 Å². The largest absolute Gasteiger partial charge is 0.467 e. The second-order valence-electron chi connectivity index (χ2n) is 3.98. The van der Waals surface area contributed by atoms with Crippen molar-refractivity contribution in [1.29, 1.82) is 0 Å². The van der Waals surface area contributed by atoms with Crippen LogP contribution < -0.4 is 10.6 Å². The molecule has 0 aliphatic carbocycles. The molecule has 1 rings (SSSR count). The van der Waals surface area contributed by atoms with Crippen LogP contribution in [0, 0.1) is 0 Å². The second-order valence-corrected chi connectivity index (χ2v) is 3.98. The van der Waals surface area contributed by atoms with Crippen LogP contribution in [0.1, 0.15) is 19.8 Å². The fraction of sp³-hybridized carbons (Fsp3) is 0.818. The van der Waals surface area contributed by atoms with E-state index in [2.05, 4.69) is 15.4 Å². The van der Waals surface area contributed by atoms with Crippen molar-refractivity contribution >= 4 is 11.9 Å². The first kappa shape index (κ1) is 13.9. The molecule has 0 bridgehead atoms. The molecule has 2 N–H and O–H groups in total. The summed E-state index contributed by atoms with van der Waals surface area (Å²) in [5.41, 5.74) is 0. The Bertz CT molecular complexity index is 264. The quantitative estimate of drug-likeness (QED) is 0.634. The number of nitrogens with one attached hydrogen (secondary N) is 2. The van der Waals surface area contributed by atoms with Gasteiger partial charge in [0, 0.05) is 19.0 Å². The Morgan fingerprint density at radius 3 is 2.88 bits per heavy atom. The fourth-order valence-corrected chi connectivity index (χ4v) is 1.70. The lowest BCUT2D eigenvalue weighted by atomic mass is 10.1. The highest BCUT2D eigenvalue weighted by atomic mass is 16.5. The lowest BCUT2D eigenvalue weighted by molar-refractivity contribution is -0.145. The molecule has 6 nitrogen and oxygen atoms in total. The van der Waals surface area contributed by atoms with Crippen molar-refractivity contribution in [3.63, 3.8) is 0 Å². The van der Waals surface area contributed by atoms with Crippen molar-refractivity contribution in [3.05, 3.63) is 0 Å². The van der Waals surface area contributed by atoms with Gasteiger partial charge in [0.1, 0.15) is 6.04 Å². The van der Waals surface area contributed by atoms with Crippen molar-refractivity contribution in [2.24, 2.45) is 0 Å². The lowest BCUT2D eigenvalue weighted by Gasteiger charge is -2.24. The van der Waals surface area contributed by atoms with Crippen LogP contribution in [0.5, 0.6) is 0 Å². The summed E-state index contributed by atoms with van der Waals surface area (Å²) in [5.74, 6) is -0.570. The third kappa shape index (κ3) is 4.70. The molecule has 1 fully saturated rings. The van der Waals surface area contributed by atoms with Crippen LogP contribution in [0.2, 0.25) is 0 Å². The van der Waals surface area contributed by atoms with Gasteiger partial charge in [0.05, 0.1) is 20.3 Å². The first-order chi connectivity index (χ1) is 8.17. The van der Waals surface area contributed by atoms with E-state index in [9.17, 15) is 9.59 Å². The van der Waals surface area contributed by atoms with Gasteiger partial charge in [0.15, 0.2) is 0 Å². The van der Waals surface area contributed by atoms with E-state index < -0.39 is 12.0 Å². The molecule has 2 atom stereocenters. The highest BCUT2D eigenvalue weighted by Gasteiger charge is 2.22. The highest BCUT2D eigenvalue weighted by molar-refractivity contribution is 5.84. The smallest absolute Gasteiger partial charge is 0.328 e. The molecule has 0 saturated carbocycles. The molecule has 2 unspecified atom stereocenters. The number of hydrogen-bond donors (Lipinski definition) is 2. The summed E-state index contributed by atoms with van der Waals surface area (Å²) in [7, 11) is 1.31. The van der Waals surface area contributed by atoms with Crippen LogP contribution in [0.15, 0.2) is 0 Å². The highest BCUT2D eigenvalue weighted by Crippen LogP contribution is 2.00. The molecule has 1 saturated heterocycles. The molecule has 1 aliphatic rings. The van der Waals surface area contributed by atoms with Gasteiger partial charge in [0.25, 0.3) is 0 Å². The monoisotopic (exact) mass is 244 g/mol. The molecule has 0 aromatic rings. The van der Waals surface area contributed by atoms with Crippen LogP contribution >= 0.6 is 0 Å². The minimum absolute atomic E-state index is 0.0268. The first-order valence-electron chi connectivity index (χ1n) is 5.85. The topological polar surface area (TPSA) is 76.7 Å². The van der Waals surface area contributed by atoms with Crippen molar-refractivity contribution in [1.82, 2.24) is 10.6 Å². The van der Waals surface area contributed by atoms with Crippen LogP contribution in [0.4, 0.5) is 0 Å². The summed E-state index contributed by atoms with van der Waals surface area (Å²) >= 11 is 0. The van der Waals surface area contributed by atoms with E-state index in [0.717, 1.165) is 6.54 Å². The lowest BCUT2D eigenvalue weighted by Crippen LogP contribution is -2.47.